The van der Waals surface area contributed by atoms with E-state index in [2.05, 4.69) is 4.74 Å². The van der Waals surface area contributed by atoms with Gasteiger partial charge in [-0.25, -0.2) is 17.2 Å². The third-order valence-electron chi connectivity index (χ3n) is 7.41. The highest BCUT2D eigenvalue weighted by atomic mass is 32.2. The van der Waals surface area contributed by atoms with Gasteiger partial charge in [0.1, 0.15) is 23.3 Å². The summed E-state index contributed by atoms with van der Waals surface area (Å²) in [7, 11) is -2.74. The molecule has 0 spiro atoms. The normalized spacial score (nSPS) is 27.8. The molecule has 2 atom stereocenters. The highest BCUT2D eigenvalue weighted by Crippen LogP contribution is 2.47. The van der Waals surface area contributed by atoms with Crippen molar-refractivity contribution in [1.29, 1.82) is 0 Å². The van der Waals surface area contributed by atoms with Gasteiger partial charge in [0.05, 0.1) is 18.6 Å². The van der Waals surface area contributed by atoms with E-state index in [4.69, 9.17) is 0 Å². The highest BCUT2D eigenvalue weighted by Gasteiger charge is 2.52. The Hall–Kier alpha value is -2.69. The van der Waals surface area contributed by atoms with Gasteiger partial charge in [-0.3, -0.25) is 9.59 Å². The summed E-state index contributed by atoms with van der Waals surface area (Å²) in [5, 5.41) is 9.08. The molecule has 0 aromatic heterocycles. The summed E-state index contributed by atoms with van der Waals surface area (Å²) in [4.78, 5) is 24.5. The third-order valence-corrected chi connectivity index (χ3v) is 9.78. The number of hydrogen-bond acceptors (Lipinski definition) is 6. The van der Waals surface area contributed by atoms with Crippen LogP contribution >= 0.6 is 0 Å². The number of hydrogen-bond donors (Lipinski definition) is 1. The van der Waals surface area contributed by atoms with E-state index in [9.17, 15) is 23.1 Å². The molecule has 10 heteroatoms. The zero-order chi connectivity index (χ0) is 26.3. The number of rotatable bonds is 7. The summed E-state index contributed by atoms with van der Waals surface area (Å²) in [6, 6.07) is 10.2. The highest BCUT2D eigenvalue weighted by molar-refractivity contribution is 7.89. The molecule has 0 radical (unpaired) electrons. The van der Waals surface area contributed by atoms with Gasteiger partial charge in [-0.05, 0) is 50.3 Å². The summed E-state index contributed by atoms with van der Waals surface area (Å²) in [6.07, 6.45) is -0.820. The predicted octanol–water partition coefficient (Wildman–Crippen LogP) is 3.54. The first-order valence-corrected chi connectivity index (χ1v) is 13.3. The molecule has 2 fully saturated rings. The Bertz CT molecular complexity index is 1260. The molecule has 2 aromatic rings. The van der Waals surface area contributed by atoms with Crippen molar-refractivity contribution >= 4 is 21.8 Å². The van der Waals surface area contributed by atoms with Gasteiger partial charge in [0.25, 0.3) is 0 Å². The van der Waals surface area contributed by atoms with Crippen molar-refractivity contribution in [2.45, 2.75) is 68.4 Å². The number of ketones is 1. The number of methoxy groups -OCH3 is 1. The largest absolute Gasteiger partial charge is 0.469 e. The van der Waals surface area contributed by atoms with E-state index in [1.54, 1.807) is 37.3 Å². The van der Waals surface area contributed by atoms with Crippen molar-refractivity contribution in [3.05, 3.63) is 70.8 Å². The van der Waals surface area contributed by atoms with Crippen molar-refractivity contribution < 1.29 is 36.6 Å². The van der Waals surface area contributed by atoms with Gasteiger partial charge in [-0.1, -0.05) is 30.3 Å². The van der Waals surface area contributed by atoms with Crippen molar-refractivity contribution in [2.24, 2.45) is 0 Å². The number of carbonyl (C=O) groups excluding carboxylic acids is 2. The first kappa shape index (κ1) is 26.4. The molecule has 1 saturated heterocycles. The molecule has 0 bridgehead atoms. The van der Waals surface area contributed by atoms with Gasteiger partial charge in [0, 0.05) is 23.7 Å². The lowest BCUT2D eigenvalue weighted by Gasteiger charge is -2.44. The van der Waals surface area contributed by atoms with E-state index in [1.807, 2.05) is 0 Å². The number of sulfonamides is 1. The summed E-state index contributed by atoms with van der Waals surface area (Å²) < 4.78 is 63.3. The summed E-state index contributed by atoms with van der Waals surface area (Å²) >= 11 is 0. The summed E-state index contributed by atoms with van der Waals surface area (Å²) in [5.74, 6) is -3.22. The average Bonchev–Trinajstić information content (AvgIpc) is 2.81. The molecule has 36 heavy (non-hydrogen) atoms. The second-order valence-corrected chi connectivity index (χ2v) is 11.7. The van der Waals surface area contributed by atoms with E-state index in [0.717, 1.165) is 19.2 Å². The zero-order valence-corrected chi connectivity index (χ0v) is 20.9. The Kier molecular flexibility index (Phi) is 7.32. The molecular formula is C26H29F2NO6S. The minimum Gasteiger partial charge on any atom is -0.469 e. The quantitative estimate of drug-likeness (QED) is 0.442. The number of ether oxygens (including phenoxy) is 1. The molecule has 194 valence electrons. The van der Waals surface area contributed by atoms with Crippen LogP contribution in [0.2, 0.25) is 0 Å². The molecule has 1 N–H and O–H groups in total. The number of nitrogens with zero attached hydrogens (tertiary/aromatic N) is 1. The fraction of sp³-hybridized carbons (Fsp3) is 0.462. The zero-order valence-electron chi connectivity index (χ0n) is 20.1. The fourth-order valence-electron chi connectivity index (χ4n) is 5.31. The van der Waals surface area contributed by atoms with E-state index < -0.39 is 62.6 Å². The van der Waals surface area contributed by atoms with Gasteiger partial charge in [-0.2, -0.15) is 4.31 Å². The van der Waals surface area contributed by atoms with Crippen molar-refractivity contribution in [3.8, 4) is 0 Å². The molecule has 1 saturated carbocycles. The number of benzene rings is 2. The molecule has 2 aromatic carbocycles. The van der Waals surface area contributed by atoms with Gasteiger partial charge >= 0.3 is 5.97 Å². The second kappa shape index (κ2) is 9.99. The maximum absolute atomic E-state index is 15.4. The summed E-state index contributed by atoms with van der Waals surface area (Å²) in [5.41, 5.74) is -1.30. The Morgan fingerprint density at radius 3 is 2.39 bits per heavy atom. The van der Waals surface area contributed by atoms with Crippen molar-refractivity contribution in [1.82, 2.24) is 4.31 Å². The molecular weight excluding hydrogens is 492 g/mol. The minimum atomic E-state index is -3.86. The molecule has 1 aliphatic carbocycles. The maximum atomic E-state index is 15.4. The number of Topliss-reactive ketones (excluding diaryl/α,β-unsaturated/α-hetero) is 1. The van der Waals surface area contributed by atoms with Gasteiger partial charge in [-0.15, -0.1) is 0 Å². The SMILES string of the molecule is COC(=O)CC(=O)C1(c2cc(F)c(CN3[C@@H](C)CC[C@H](c4ccccc4)S3(=O)=O)cc2F)CC(O)C1. The molecule has 4 rings (SSSR count). The van der Waals surface area contributed by atoms with Crippen LogP contribution in [0.5, 0.6) is 0 Å². The first-order valence-electron chi connectivity index (χ1n) is 11.8. The second-order valence-electron chi connectivity index (χ2n) is 9.66. The maximum Gasteiger partial charge on any atom is 0.313 e. The molecule has 2 aliphatic rings. The van der Waals surface area contributed by atoms with Crippen molar-refractivity contribution in [2.75, 3.05) is 7.11 Å². The molecule has 7 nitrogen and oxygen atoms in total. The molecule has 0 unspecified atom stereocenters. The molecule has 1 heterocycles. The third kappa shape index (κ3) is 4.69. The van der Waals surface area contributed by atoms with Crippen LogP contribution in [0, 0.1) is 11.6 Å². The lowest BCUT2D eigenvalue weighted by molar-refractivity contribution is -0.147. The lowest BCUT2D eigenvalue weighted by atomic mass is 9.59. The van der Waals surface area contributed by atoms with Gasteiger partial charge in [0.2, 0.25) is 10.0 Å². The van der Waals surface area contributed by atoms with Crippen LogP contribution in [0.25, 0.3) is 0 Å². The Morgan fingerprint density at radius 2 is 1.78 bits per heavy atom. The topological polar surface area (TPSA) is 101 Å². The Labute approximate surface area is 209 Å². The van der Waals surface area contributed by atoms with Gasteiger partial charge < -0.3 is 9.84 Å². The van der Waals surface area contributed by atoms with Crippen molar-refractivity contribution in [3.63, 3.8) is 0 Å². The molecule has 1 aliphatic heterocycles. The number of carbonyl (C=O) groups is 2. The number of aliphatic hydroxyl groups excluding tert-OH is 1. The first-order chi connectivity index (χ1) is 17.0. The number of aliphatic hydroxyl groups is 1. The average molecular weight is 522 g/mol. The van der Waals surface area contributed by atoms with Crippen LogP contribution in [0.3, 0.4) is 0 Å². The minimum absolute atomic E-state index is 0.144. The summed E-state index contributed by atoms with van der Waals surface area (Å²) in [6.45, 7) is 1.37. The number of esters is 1. The van der Waals surface area contributed by atoms with Crippen LogP contribution in [-0.4, -0.2) is 48.8 Å². The van der Waals surface area contributed by atoms with E-state index in [0.29, 0.717) is 18.4 Å². The van der Waals surface area contributed by atoms with Crippen LogP contribution < -0.4 is 0 Å². The van der Waals surface area contributed by atoms with Gasteiger partial charge in [0.15, 0.2) is 5.78 Å². The van der Waals surface area contributed by atoms with E-state index in [-0.39, 0.29) is 30.5 Å². The Balaban J connectivity index is 1.65. The molecule has 0 amide bonds. The van der Waals surface area contributed by atoms with Crippen LogP contribution in [-0.2, 0) is 36.3 Å². The van der Waals surface area contributed by atoms with Crippen LogP contribution in [0.1, 0.15) is 61.0 Å². The van der Waals surface area contributed by atoms with Crippen LogP contribution in [0.15, 0.2) is 42.5 Å². The number of halogens is 2. The smallest absolute Gasteiger partial charge is 0.313 e. The van der Waals surface area contributed by atoms with E-state index in [1.165, 1.54) is 4.31 Å². The lowest BCUT2D eigenvalue weighted by Crippen LogP contribution is -2.51. The monoisotopic (exact) mass is 521 g/mol. The van der Waals surface area contributed by atoms with E-state index >= 15 is 8.78 Å². The Morgan fingerprint density at radius 1 is 1.11 bits per heavy atom. The predicted molar refractivity (Wildman–Crippen MR) is 127 cm³/mol. The standard InChI is InChI=1S/C26H29F2NO6S/c1-16-8-9-23(17-6-4-3-5-7-17)36(33,34)29(16)15-18-10-22(28)20(11-21(18)27)26(13-19(30)14-26)24(31)12-25(32)35-2/h3-7,10-11,16,19,23,30H,8-9,12-15H2,1-2H3/t16-,19?,23+,26?/m0/s1. The fourth-order valence-corrected chi connectivity index (χ4v) is 7.50. The van der Waals surface area contributed by atoms with Crippen LogP contribution in [0.4, 0.5) is 8.78 Å².